The van der Waals surface area contributed by atoms with Crippen LogP contribution in [0.4, 0.5) is 39.8 Å². The molecule has 448 valence electrons. The summed E-state index contributed by atoms with van der Waals surface area (Å²) in [4.78, 5) is 8.77. The molecule has 0 saturated heterocycles. The molecular formula is C82H96BN3S. The van der Waals surface area contributed by atoms with Gasteiger partial charge in [0.1, 0.15) is 0 Å². The summed E-state index contributed by atoms with van der Waals surface area (Å²) in [6.07, 6.45) is 14.3. The van der Waals surface area contributed by atoms with Crippen LogP contribution in [0.25, 0.3) is 15.6 Å². The number of thiophene rings is 1. The maximum absolute atomic E-state index is 2.97. The monoisotopic (exact) mass is 1170 g/mol. The second kappa shape index (κ2) is 16.5. The van der Waals surface area contributed by atoms with Gasteiger partial charge in [0.25, 0.3) is 6.71 Å². The number of hydrogen-bond acceptors (Lipinski definition) is 4. The van der Waals surface area contributed by atoms with Crippen molar-refractivity contribution in [1.29, 1.82) is 0 Å². The lowest BCUT2D eigenvalue weighted by Gasteiger charge is -2.51. The van der Waals surface area contributed by atoms with Gasteiger partial charge in [-0.1, -0.05) is 174 Å². The molecule has 87 heavy (non-hydrogen) atoms. The van der Waals surface area contributed by atoms with Crippen LogP contribution < -0.4 is 24.9 Å². The highest BCUT2D eigenvalue weighted by atomic mass is 32.1. The Kier molecular flexibility index (Phi) is 10.5. The van der Waals surface area contributed by atoms with E-state index in [2.05, 4.69) is 249 Å². The quantitative estimate of drug-likeness (QED) is 0.152. The highest BCUT2D eigenvalue weighted by Gasteiger charge is 2.61. The van der Waals surface area contributed by atoms with Crippen LogP contribution in [0, 0.1) is 0 Å². The van der Waals surface area contributed by atoms with Crippen molar-refractivity contribution < 1.29 is 0 Å². The molecule has 0 radical (unpaired) electrons. The van der Waals surface area contributed by atoms with Gasteiger partial charge >= 0.3 is 0 Å². The highest BCUT2D eigenvalue weighted by molar-refractivity contribution is 7.34. The number of rotatable bonds is 1. The predicted octanol–water partition coefficient (Wildman–Crippen LogP) is 21.2. The van der Waals surface area contributed by atoms with Crippen LogP contribution >= 0.6 is 11.3 Å². The van der Waals surface area contributed by atoms with E-state index in [0.717, 1.165) is 19.3 Å². The van der Waals surface area contributed by atoms with Gasteiger partial charge in [-0.2, -0.15) is 0 Å². The summed E-state index contributed by atoms with van der Waals surface area (Å²) >= 11 is 2.14. The van der Waals surface area contributed by atoms with Gasteiger partial charge in [0.15, 0.2) is 0 Å². The van der Waals surface area contributed by atoms with Crippen molar-refractivity contribution in [2.24, 2.45) is 0 Å². The average molecular weight is 1170 g/mol. The van der Waals surface area contributed by atoms with Crippen LogP contribution in [-0.4, -0.2) is 12.3 Å². The van der Waals surface area contributed by atoms with Gasteiger partial charge in [-0.05, 0) is 241 Å². The average Bonchev–Trinajstić information content (AvgIpc) is 1.56. The van der Waals surface area contributed by atoms with Crippen molar-refractivity contribution in [2.75, 3.05) is 14.7 Å². The third kappa shape index (κ3) is 6.83. The van der Waals surface area contributed by atoms with Gasteiger partial charge in [0.05, 0.1) is 11.2 Å². The van der Waals surface area contributed by atoms with Crippen molar-refractivity contribution in [3.63, 3.8) is 0 Å². The third-order valence-corrected chi connectivity index (χ3v) is 28.5. The van der Waals surface area contributed by atoms with E-state index in [-0.39, 0.29) is 66.4 Å². The van der Waals surface area contributed by atoms with Crippen molar-refractivity contribution in [1.82, 2.24) is 0 Å². The van der Waals surface area contributed by atoms with E-state index in [0.29, 0.717) is 0 Å². The van der Waals surface area contributed by atoms with Crippen LogP contribution in [0.2, 0.25) is 0 Å². The highest BCUT2D eigenvalue weighted by Crippen LogP contribution is 2.66. The maximum Gasteiger partial charge on any atom is 0.265 e. The van der Waals surface area contributed by atoms with Crippen LogP contribution in [-0.2, 0) is 54.1 Å². The Balaban J connectivity index is 1.07. The molecule has 3 nitrogen and oxygen atoms in total. The lowest BCUT2D eigenvalue weighted by atomic mass is 9.35. The van der Waals surface area contributed by atoms with E-state index < -0.39 is 0 Å². The second-order valence-electron chi connectivity index (χ2n) is 35.9. The minimum absolute atomic E-state index is 0.00557. The Morgan fingerprint density at radius 3 is 1.52 bits per heavy atom. The molecular weight excluding hydrogens is 1070 g/mol. The van der Waals surface area contributed by atoms with Crippen LogP contribution in [0.15, 0.2) is 96.7 Å². The van der Waals surface area contributed by atoms with Gasteiger partial charge in [-0.15, -0.1) is 11.3 Å². The van der Waals surface area contributed by atoms with Gasteiger partial charge in [-0.25, -0.2) is 0 Å². The third-order valence-electron chi connectivity index (χ3n) is 27.3. The molecule has 17 rings (SSSR count). The van der Waals surface area contributed by atoms with E-state index >= 15 is 0 Å². The zero-order valence-corrected chi connectivity index (χ0v) is 57.3. The summed E-state index contributed by atoms with van der Waals surface area (Å²) < 4.78 is 2.95. The van der Waals surface area contributed by atoms with Gasteiger partial charge in [0, 0.05) is 70.9 Å². The lowest BCUT2D eigenvalue weighted by Crippen LogP contribution is -2.56. The topological polar surface area (TPSA) is 9.72 Å². The molecule has 0 spiro atoms. The van der Waals surface area contributed by atoms with Crippen molar-refractivity contribution in [3.8, 4) is 0 Å². The Morgan fingerprint density at radius 1 is 0.391 bits per heavy atom. The first-order chi connectivity index (χ1) is 40.7. The fourth-order valence-corrected chi connectivity index (χ4v) is 22.2. The predicted molar refractivity (Wildman–Crippen MR) is 374 cm³/mol. The number of anilines is 7. The number of nitrogens with zero attached hydrogens (tertiary/aromatic N) is 3. The summed E-state index contributed by atoms with van der Waals surface area (Å²) in [7, 11) is 0. The Labute approximate surface area is 526 Å². The van der Waals surface area contributed by atoms with E-state index in [9.17, 15) is 0 Å². The molecule has 5 heterocycles. The van der Waals surface area contributed by atoms with Crippen LogP contribution in [0.5, 0.6) is 0 Å². The van der Waals surface area contributed by atoms with Crippen LogP contribution in [0.3, 0.4) is 0 Å². The molecule has 3 atom stereocenters. The number of hydrogen-bond donors (Lipinski definition) is 0. The van der Waals surface area contributed by atoms with Crippen molar-refractivity contribution in [3.05, 3.63) is 163 Å². The van der Waals surface area contributed by atoms with Gasteiger partial charge in [0.2, 0.25) is 0 Å². The Morgan fingerprint density at radius 2 is 0.885 bits per heavy atom. The summed E-state index contributed by atoms with van der Waals surface area (Å²) in [6.45, 7) is 48.6. The normalized spacial score (nSPS) is 28.1. The van der Waals surface area contributed by atoms with Gasteiger partial charge < -0.3 is 14.7 Å². The molecule has 0 N–H and O–H groups in total. The van der Waals surface area contributed by atoms with Gasteiger partial charge in [-0.3, -0.25) is 0 Å². The van der Waals surface area contributed by atoms with E-state index in [4.69, 9.17) is 0 Å². The first kappa shape index (κ1) is 55.5. The maximum atomic E-state index is 2.97. The largest absolute Gasteiger partial charge is 0.334 e. The zero-order valence-electron chi connectivity index (χ0n) is 56.5. The molecule has 3 unspecified atom stereocenters. The summed E-state index contributed by atoms with van der Waals surface area (Å²) in [5, 5.41) is 1.43. The van der Waals surface area contributed by atoms with Crippen LogP contribution in [0.1, 0.15) is 275 Å². The lowest BCUT2D eigenvalue weighted by molar-refractivity contribution is 0.195. The molecule has 6 aliphatic carbocycles. The Hall–Kier alpha value is -5.52. The number of allylic oxidation sites excluding steroid dienone is 1. The molecule has 4 aliphatic heterocycles. The summed E-state index contributed by atoms with van der Waals surface area (Å²) in [6, 6.07) is 40.3. The van der Waals surface area contributed by atoms with E-state index in [1.165, 1.54) is 168 Å². The minimum Gasteiger partial charge on any atom is -0.334 e. The first-order valence-electron chi connectivity index (χ1n) is 34.3. The molecule has 0 amide bonds. The SMILES string of the molecule is CC1(C)CCC(C)(C)c2cc(N3c4cc5cc6c4B(C4=C(N6c6ccc7c(c6)C(C)(CCC7(C)C)c6ccc7c(c6)N5C5(C)CCCCC75C)C(C)(C)c5cc6c(cc54)C(C)(C)CCC6(C)C)c4sc5cc6c(cc5c43)C(C)(C)CCC6(C)C)ccc21. The summed E-state index contributed by atoms with van der Waals surface area (Å²) in [5.41, 5.74) is 32.1. The second-order valence-corrected chi connectivity index (χ2v) is 37.0. The fourth-order valence-electron chi connectivity index (χ4n) is 20.9. The summed E-state index contributed by atoms with van der Waals surface area (Å²) in [5.74, 6) is 0. The van der Waals surface area contributed by atoms with E-state index in [1.54, 1.807) is 27.8 Å². The molecule has 1 aromatic heterocycles. The number of benzene rings is 6. The smallest absolute Gasteiger partial charge is 0.265 e. The minimum atomic E-state index is -0.336. The molecule has 7 aromatic rings. The molecule has 6 aromatic carbocycles. The Bertz CT molecular complexity index is 4340. The molecule has 5 heteroatoms. The molecule has 1 fully saturated rings. The molecule has 1 saturated carbocycles. The molecule has 10 aliphatic rings. The number of fused-ring (bicyclic) bond motifs is 20. The first-order valence-corrected chi connectivity index (χ1v) is 35.1. The molecule has 6 bridgehead atoms. The zero-order chi connectivity index (χ0) is 61.0. The fraction of sp³-hybridized carbons (Fsp3) is 0.512. The van der Waals surface area contributed by atoms with Crippen molar-refractivity contribution in [2.45, 2.75) is 268 Å². The van der Waals surface area contributed by atoms with Crippen molar-refractivity contribution >= 4 is 83.7 Å². The van der Waals surface area contributed by atoms with E-state index in [1.807, 2.05) is 0 Å². The standard InChI is InChI=1S/C82H96BN3S/c1-72(2)30-31-74(5,6)57-39-48(23-26-53(57)72)84-64-41-50-42-65-68(64)83(71-69(84)52-44-59-61(46-66(52)87-71)78(13,14)35-33-76(59,9)10)67-51-43-58-60(77(11,12)34-32-75(58,7)8)45-56(51)79(15,16)70(67)85(65)49-24-27-54-62(40-49)80(17,37-36-73(54,3)4)47-22-25-55-63(38-47)86(50)82(19)29-21-20-28-81(55,82)18/h22-27,38-46H,20-21,28-37H2,1-19H3.